The number of aryl methyl sites for hydroxylation is 2. The van der Waals surface area contributed by atoms with Crippen LogP contribution in [0.2, 0.25) is 13.3 Å². The van der Waals surface area contributed by atoms with E-state index < -0.39 is 23.8 Å². The Kier molecular flexibility index (Phi) is 9.47. The standard InChI is InChI=1S/C14H18N3O.3C4H9.Sn/c1-9-10(2)17-8-6-7-11(12(17)15-9)16-13(18)14(3,4)5;3*1-3-4-2;/h6-7H,1-5H3,(H,16,18);3*1,3-4H2,2H3;. The molecule has 0 atom stereocenters. The van der Waals surface area contributed by atoms with E-state index in [2.05, 4.69) is 56.5 Å². The van der Waals surface area contributed by atoms with E-state index in [0.717, 1.165) is 17.0 Å². The SMILES string of the molecule is CCC[CH2][Sn]([CH2]CCC)([CH2]CCC)[c]1ccc(NC(=O)C(C)(C)C)c2nc(C)c(C)n12. The third-order valence-corrected chi connectivity index (χ3v) is 22.2. The molecule has 0 fully saturated rings. The van der Waals surface area contributed by atoms with E-state index >= 15 is 0 Å². The number of nitrogens with zero attached hydrogens (tertiary/aromatic N) is 2. The molecule has 0 aliphatic heterocycles. The van der Waals surface area contributed by atoms with Gasteiger partial charge in [0.15, 0.2) is 0 Å². The van der Waals surface area contributed by atoms with Crippen molar-refractivity contribution in [2.24, 2.45) is 5.41 Å². The molecule has 5 heteroatoms. The van der Waals surface area contributed by atoms with E-state index in [-0.39, 0.29) is 5.91 Å². The summed E-state index contributed by atoms with van der Waals surface area (Å²) in [5.41, 5.74) is 3.67. The molecular weight excluding hydrogens is 489 g/mol. The first-order valence-electron chi connectivity index (χ1n) is 12.4. The molecule has 0 radical (unpaired) electrons. The van der Waals surface area contributed by atoms with Gasteiger partial charge in [0, 0.05) is 0 Å². The molecule has 2 aromatic heterocycles. The summed E-state index contributed by atoms with van der Waals surface area (Å²) >= 11 is -2.66. The molecule has 0 spiro atoms. The maximum atomic E-state index is 12.7. The van der Waals surface area contributed by atoms with Crippen LogP contribution in [-0.4, -0.2) is 33.7 Å². The van der Waals surface area contributed by atoms with E-state index in [9.17, 15) is 4.79 Å². The van der Waals surface area contributed by atoms with Crippen molar-refractivity contribution in [1.29, 1.82) is 0 Å². The third-order valence-electron chi connectivity index (χ3n) is 6.73. The van der Waals surface area contributed by atoms with Crippen LogP contribution < -0.4 is 9.03 Å². The van der Waals surface area contributed by atoms with Gasteiger partial charge in [0.25, 0.3) is 0 Å². The molecule has 2 aromatic rings. The second-order valence-electron chi connectivity index (χ2n) is 10.4. The van der Waals surface area contributed by atoms with E-state index in [0.29, 0.717) is 0 Å². The number of hydrogen-bond donors (Lipinski definition) is 1. The first-order valence-corrected chi connectivity index (χ1v) is 19.9. The molecule has 0 unspecified atom stereocenters. The van der Waals surface area contributed by atoms with Crippen LogP contribution in [0, 0.1) is 19.3 Å². The van der Waals surface area contributed by atoms with Gasteiger partial charge in [-0.2, -0.15) is 0 Å². The summed E-state index contributed by atoms with van der Waals surface area (Å²) in [7, 11) is 0. The van der Waals surface area contributed by atoms with Crippen LogP contribution in [0.25, 0.3) is 5.65 Å². The van der Waals surface area contributed by atoms with E-state index in [4.69, 9.17) is 4.98 Å². The Bertz CT molecular complexity index is 857. The van der Waals surface area contributed by atoms with Gasteiger partial charge in [-0.1, -0.05) is 0 Å². The van der Waals surface area contributed by atoms with Crippen molar-refractivity contribution in [2.75, 3.05) is 5.32 Å². The van der Waals surface area contributed by atoms with Crippen molar-refractivity contribution in [3.63, 3.8) is 0 Å². The zero-order valence-electron chi connectivity index (χ0n) is 21.3. The number of fused-ring (bicyclic) bond motifs is 1. The maximum absolute atomic E-state index is 12.7. The molecule has 31 heavy (non-hydrogen) atoms. The molecule has 174 valence electrons. The van der Waals surface area contributed by atoms with Crippen molar-refractivity contribution >= 4 is 39.3 Å². The first kappa shape index (κ1) is 26.2. The van der Waals surface area contributed by atoms with Gasteiger partial charge in [-0.15, -0.1) is 0 Å². The summed E-state index contributed by atoms with van der Waals surface area (Å²) < 4.78 is 8.30. The fourth-order valence-electron chi connectivity index (χ4n) is 4.52. The Balaban J connectivity index is 2.69. The normalized spacial score (nSPS) is 12.5. The van der Waals surface area contributed by atoms with Crippen molar-refractivity contribution in [3.8, 4) is 0 Å². The summed E-state index contributed by atoms with van der Waals surface area (Å²) in [6.07, 6.45) is 7.80. The fourth-order valence-corrected chi connectivity index (χ4v) is 21.1. The fraction of sp³-hybridized carbons (Fsp3) is 0.692. The Labute approximate surface area is 194 Å². The van der Waals surface area contributed by atoms with Crippen molar-refractivity contribution in [2.45, 2.75) is 107 Å². The molecule has 2 rings (SSSR count). The number of pyridine rings is 1. The van der Waals surface area contributed by atoms with Crippen LogP contribution >= 0.6 is 0 Å². The number of rotatable bonds is 11. The molecule has 4 nitrogen and oxygen atoms in total. The van der Waals surface area contributed by atoms with Gasteiger partial charge in [0.2, 0.25) is 0 Å². The van der Waals surface area contributed by atoms with E-state index in [1.54, 1.807) is 3.71 Å². The van der Waals surface area contributed by atoms with Crippen LogP contribution in [0.1, 0.15) is 91.5 Å². The van der Waals surface area contributed by atoms with Crippen LogP contribution in [0.3, 0.4) is 0 Å². The number of imidazole rings is 1. The zero-order chi connectivity index (χ0) is 23.2. The van der Waals surface area contributed by atoms with Gasteiger partial charge in [0.1, 0.15) is 0 Å². The Morgan fingerprint density at radius 1 is 0.968 bits per heavy atom. The third kappa shape index (κ3) is 6.05. The van der Waals surface area contributed by atoms with Crippen LogP contribution in [0.4, 0.5) is 5.69 Å². The second kappa shape index (κ2) is 11.2. The average molecular weight is 534 g/mol. The topological polar surface area (TPSA) is 46.4 Å². The van der Waals surface area contributed by atoms with E-state index in [1.807, 2.05) is 20.8 Å². The van der Waals surface area contributed by atoms with Gasteiger partial charge in [-0.3, -0.25) is 0 Å². The molecule has 0 saturated heterocycles. The van der Waals surface area contributed by atoms with Crippen LogP contribution in [-0.2, 0) is 4.79 Å². The van der Waals surface area contributed by atoms with Gasteiger partial charge < -0.3 is 0 Å². The predicted octanol–water partition coefficient (Wildman–Crippen LogP) is 6.99. The molecular formula is C26H45N3OSn. The number of aromatic nitrogens is 2. The first-order chi connectivity index (χ1) is 14.6. The molecule has 0 saturated carbocycles. The summed E-state index contributed by atoms with van der Waals surface area (Å²) in [5.74, 6) is 0.0400. The predicted molar refractivity (Wildman–Crippen MR) is 137 cm³/mol. The molecule has 0 bridgehead atoms. The van der Waals surface area contributed by atoms with Gasteiger partial charge in [-0.05, 0) is 0 Å². The number of carbonyl (C=O) groups is 1. The molecule has 2 heterocycles. The van der Waals surface area contributed by atoms with Gasteiger partial charge in [0.05, 0.1) is 0 Å². The molecule has 1 N–H and O–H groups in total. The summed E-state index contributed by atoms with van der Waals surface area (Å²) in [4.78, 5) is 17.7. The van der Waals surface area contributed by atoms with Crippen molar-refractivity contribution in [3.05, 3.63) is 23.5 Å². The minimum atomic E-state index is -2.66. The Morgan fingerprint density at radius 2 is 1.48 bits per heavy atom. The molecule has 0 aromatic carbocycles. The van der Waals surface area contributed by atoms with Gasteiger partial charge >= 0.3 is 195 Å². The quantitative estimate of drug-likeness (QED) is 0.316. The number of nitrogens with one attached hydrogen (secondary N) is 1. The van der Waals surface area contributed by atoms with Crippen molar-refractivity contribution < 1.29 is 4.79 Å². The number of unbranched alkanes of at least 4 members (excludes halogenated alkanes) is 3. The Morgan fingerprint density at radius 3 is 1.94 bits per heavy atom. The zero-order valence-corrected chi connectivity index (χ0v) is 24.2. The summed E-state index contributed by atoms with van der Waals surface area (Å²) in [5, 5.41) is 3.17. The number of amides is 1. The number of carbonyl (C=O) groups excluding carboxylic acids is 1. The van der Waals surface area contributed by atoms with Gasteiger partial charge in [-0.25, -0.2) is 0 Å². The minimum absolute atomic E-state index is 0.0400. The van der Waals surface area contributed by atoms with E-state index in [1.165, 1.54) is 57.5 Å². The average Bonchev–Trinajstić information content (AvgIpc) is 3.02. The molecule has 0 aliphatic rings. The van der Waals surface area contributed by atoms with Crippen molar-refractivity contribution in [1.82, 2.24) is 9.38 Å². The number of anilines is 1. The monoisotopic (exact) mass is 535 g/mol. The Hall–Kier alpha value is -1.04. The van der Waals surface area contributed by atoms with Crippen LogP contribution in [0.15, 0.2) is 12.1 Å². The summed E-state index contributed by atoms with van der Waals surface area (Å²) in [6.45, 7) is 17.1. The second-order valence-corrected chi connectivity index (χ2v) is 23.4. The summed E-state index contributed by atoms with van der Waals surface area (Å²) in [6, 6.07) is 4.52. The van der Waals surface area contributed by atoms with Crippen LogP contribution in [0.5, 0.6) is 0 Å². The molecule has 1 amide bonds. The number of hydrogen-bond acceptors (Lipinski definition) is 2. The molecule has 0 aliphatic carbocycles.